The Bertz CT molecular complexity index is 802. The van der Waals surface area contributed by atoms with Gasteiger partial charge in [-0.15, -0.1) is 0 Å². The molecule has 136 valence electrons. The molecule has 2 heterocycles. The highest BCUT2D eigenvalue weighted by molar-refractivity contribution is 7.99. The van der Waals surface area contributed by atoms with Gasteiger partial charge in [-0.05, 0) is 54.5 Å². The van der Waals surface area contributed by atoms with Crippen molar-refractivity contribution in [3.05, 3.63) is 59.1 Å². The van der Waals surface area contributed by atoms with Crippen LogP contribution in [0.4, 0.5) is 5.69 Å². The smallest absolute Gasteiger partial charge is 0.137 e. The molecule has 3 nitrogen and oxygen atoms in total. The van der Waals surface area contributed by atoms with E-state index in [9.17, 15) is 0 Å². The van der Waals surface area contributed by atoms with Gasteiger partial charge in [-0.1, -0.05) is 41.9 Å². The average molecular weight is 387 g/mol. The molecule has 1 saturated heterocycles. The largest absolute Gasteiger partial charge is 0.490 e. The molecular weight excluding hydrogens is 364 g/mol. The maximum absolute atomic E-state index is 6.15. The zero-order chi connectivity index (χ0) is 17.8. The summed E-state index contributed by atoms with van der Waals surface area (Å²) < 4.78 is 5.80. The van der Waals surface area contributed by atoms with Crippen LogP contribution in [-0.2, 0) is 6.42 Å². The zero-order valence-corrected chi connectivity index (χ0v) is 16.3. The van der Waals surface area contributed by atoms with Crippen molar-refractivity contribution >= 4 is 34.9 Å². The molecule has 1 fully saturated rings. The summed E-state index contributed by atoms with van der Waals surface area (Å²) in [4.78, 5) is 4.93. The third kappa shape index (κ3) is 3.72. The second-order valence-corrected chi connectivity index (χ2v) is 8.49. The number of nitrogens with one attached hydrogen (secondary N) is 1. The highest BCUT2D eigenvalue weighted by Crippen LogP contribution is 2.43. The Morgan fingerprint density at radius 1 is 1.08 bits per heavy atom. The molecule has 26 heavy (non-hydrogen) atoms. The number of fused-ring (bicyclic) bond motifs is 1. The Morgan fingerprint density at radius 2 is 1.85 bits per heavy atom. The minimum atomic E-state index is 0.157. The number of aliphatic imine (C=N–C) groups is 1. The summed E-state index contributed by atoms with van der Waals surface area (Å²) >= 11 is 8.20. The molecule has 0 aromatic heterocycles. The van der Waals surface area contributed by atoms with Crippen molar-refractivity contribution in [1.82, 2.24) is 0 Å². The van der Waals surface area contributed by atoms with Gasteiger partial charge in [0.1, 0.15) is 18.2 Å². The minimum absolute atomic E-state index is 0.157. The molecule has 2 aromatic rings. The van der Waals surface area contributed by atoms with Gasteiger partial charge in [0, 0.05) is 11.1 Å². The summed E-state index contributed by atoms with van der Waals surface area (Å²) in [5.74, 6) is 4.28. The lowest BCUT2D eigenvalue weighted by Crippen LogP contribution is -2.44. The molecule has 2 aliphatic rings. The van der Waals surface area contributed by atoms with Crippen molar-refractivity contribution in [1.29, 1.82) is 0 Å². The molecule has 2 aromatic carbocycles. The fraction of sp³-hybridized carbons (Fsp3) is 0.381. The number of halogens is 1. The van der Waals surface area contributed by atoms with Crippen molar-refractivity contribution in [3.8, 4) is 5.75 Å². The van der Waals surface area contributed by atoms with Crippen LogP contribution in [0, 0.1) is 5.41 Å². The van der Waals surface area contributed by atoms with Gasteiger partial charge in [0.25, 0.3) is 0 Å². The molecular formula is C21H23ClN2OS. The average Bonchev–Trinajstić information content (AvgIpc) is 2.67. The minimum Gasteiger partial charge on any atom is -0.490 e. The Morgan fingerprint density at radius 3 is 2.69 bits per heavy atom. The second-order valence-electron chi connectivity index (χ2n) is 6.86. The molecule has 0 bridgehead atoms. The van der Waals surface area contributed by atoms with E-state index in [1.807, 2.05) is 24.3 Å². The summed E-state index contributed by atoms with van der Waals surface area (Å²) in [7, 11) is 0. The van der Waals surface area contributed by atoms with E-state index in [0.29, 0.717) is 18.2 Å². The van der Waals surface area contributed by atoms with E-state index in [4.69, 9.17) is 21.3 Å². The van der Waals surface area contributed by atoms with Crippen molar-refractivity contribution in [2.45, 2.75) is 19.3 Å². The Hall–Kier alpha value is -1.65. The standard InChI is InChI=1S/C21H23ClN2OS/c22-17-6-2-4-8-19(17)25-12-11-23-20-21(9-13-26-14-10-21)15-16-5-1-3-7-18(16)24-20/h1-8H,9-15H2,(H,23,24). The van der Waals surface area contributed by atoms with Crippen molar-refractivity contribution in [2.75, 3.05) is 30.0 Å². The number of rotatable bonds is 4. The molecule has 0 atom stereocenters. The summed E-state index contributed by atoms with van der Waals surface area (Å²) in [6.07, 6.45) is 3.45. The molecule has 0 radical (unpaired) electrons. The summed E-state index contributed by atoms with van der Waals surface area (Å²) in [6.45, 7) is 1.16. The molecule has 5 heteroatoms. The number of nitrogens with zero attached hydrogens (tertiary/aromatic N) is 1. The van der Waals surface area contributed by atoms with E-state index in [1.54, 1.807) is 0 Å². The van der Waals surface area contributed by atoms with E-state index in [-0.39, 0.29) is 5.41 Å². The van der Waals surface area contributed by atoms with Gasteiger partial charge in [0.2, 0.25) is 0 Å². The highest BCUT2D eigenvalue weighted by Gasteiger charge is 2.41. The van der Waals surface area contributed by atoms with E-state index in [2.05, 4.69) is 41.3 Å². The number of ether oxygens (including phenoxy) is 1. The van der Waals surface area contributed by atoms with E-state index in [0.717, 1.165) is 18.0 Å². The van der Waals surface area contributed by atoms with Gasteiger partial charge in [-0.3, -0.25) is 4.99 Å². The number of para-hydroxylation sites is 2. The van der Waals surface area contributed by atoms with Crippen LogP contribution in [0.3, 0.4) is 0 Å². The molecule has 1 N–H and O–H groups in total. The van der Waals surface area contributed by atoms with E-state index in [1.165, 1.54) is 35.6 Å². The lowest BCUT2D eigenvalue weighted by atomic mass is 9.73. The Balaban J connectivity index is 1.49. The van der Waals surface area contributed by atoms with E-state index < -0.39 is 0 Å². The number of benzene rings is 2. The first-order valence-electron chi connectivity index (χ1n) is 9.12. The van der Waals surface area contributed by atoms with Crippen molar-refractivity contribution < 1.29 is 4.74 Å². The summed E-state index contributed by atoms with van der Waals surface area (Å²) in [5.41, 5.74) is 2.76. The monoisotopic (exact) mass is 386 g/mol. The molecule has 1 spiro atoms. The van der Waals surface area contributed by atoms with E-state index >= 15 is 0 Å². The third-order valence-electron chi connectivity index (χ3n) is 5.21. The maximum atomic E-state index is 6.15. The third-order valence-corrected chi connectivity index (χ3v) is 6.50. The number of hydrogen-bond donors (Lipinski definition) is 1. The molecule has 0 unspecified atom stereocenters. The predicted octanol–water partition coefficient (Wildman–Crippen LogP) is 5.30. The fourth-order valence-corrected chi connectivity index (χ4v) is 5.23. The molecule has 2 aliphatic heterocycles. The Labute approximate surface area is 164 Å². The molecule has 4 rings (SSSR count). The molecule has 0 amide bonds. The molecule has 0 saturated carbocycles. The first kappa shape index (κ1) is 17.7. The summed E-state index contributed by atoms with van der Waals surface area (Å²) in [5, 5.41) is 4.27. The van der Waals surface area contributed by atoms with Crippen LogP contribution in [0.5, 0.6) is 5.75 Å². The van der Waals surface area contributed by atoms with Crippen molar-refractivity contribution in [3.63, 3.8) is 0 Å². The maximum Gasteiger partial charge on any atom is 0.137 e. The van der Waals surface area contributed by atoms with Gasteiger partial charge < -0.3 is 10.1 Å². The summed E-state index contributed by atoms with van der Waals surface area (Å²) in [6, 6.07) is 16.2. The lowest BCUT2D eigenvalue weighted by molar-refractivity contribution is 0.326. The SMILES string of the molecule is Clc1ccccc1OCCN=C1Nc2ccccc2CC12CCSCC2. The number of hydrogen-bond acceptors (Lipinski definition) is 3. The van der Waals surface area contributed by atoms with Crippen LogP contribution in [0.2, 0.25) is 5.02 Å². The van der Waals surface area contributed by atoms with Gasteiger partial charge in [0.05, 0.1) is 11.6 Å². The fourth-order valence-electron chi connectivity index (χ4n) is 3.76. The van der Waals surface area contributed by atoms with Crippen molar-refractivity contribution in [2.24, 2.45) is 10.4 Å². The van der Waals surface area contributed by atoms with Gasteiger partial charge in [-0.25, -0.2) is 0 Å². The highest BCUT2D eigenvalue weighted by atomic mass is 35.5. The number of amidine groups is 1. The quantitative estimate of drug-likeness (QED) is 0.724. The first-order valence-corrected chi connectivity index (χ1v) is 10.7. The predicted molar refractivity (Wildman–Crippen MR) is 112 cm³/mol. The number of anilines is 1. The normalized spacial score (nSPS) is 19.8. The van der Waals surface area contributed by atoms with Crippen LogP contribution >= 0.6 is 23.4 Å². The van der Waals surface area contributed by atoms with Gasteiger partial charge in [0.15, 0.2) is 0 Å². The van der Waals surface area contributed by atoms with Gasteiger partial charge >= 0.3 is 0 Å². The van der Waals surface area contributed by atoms with Crippen LogP contribution < -0.4 is 10.1 Å². The first-order chi connectivity index (χ1) is 12.8. The molecule has 0 aliphatic carbocycles. The topological polar surface area (TPSA) is 33.6 Å². The van der Waals surface area contributed by atoms with Crippen LogP contribution in [0.1, 0.15) is 18.4 Å². The van der Waals surface area contributed by atoms with Crippen LogP contribution in [0.25, 0.3) is 0 Å². The zero-order valence-electron chi connectivity index (χ0n) is 14.7. The second kappa shape index (κ2) is 7.93. The number of thioether (sulfide) groups is 1. The van der Waals surface area contributed by atoms with Gasteiger partial charge in [-0.2, -0.15) is 11.8 Å². The lowest BCUT2D eigenvalue weighted by Gasteiger charge is -2.42. The Kier molecular flexibility index (Phi) is 5.41. The van der Waals surface area contributed by atoms with Crippen LogP contribution in [-0.4, -0.2) is 30.5 Å². The van der Waals surface area contributed by atoms with Crippen LogP contribution in [0.15, 0.2) is 53.5 Å².